The highest BCUT2D eigenvalue weighted by atomic mass is 19.2. The van der Waals surface area contributed by atoms with Gasteiger partial charge in [-0.2, -0.15) is 0 Å². The van der Waals surface area contributed by atoms with Crippen molar-refractivity contribution < 1.29 is 41.8 Å². The lowest BCUT2D eigenvalue weighted by atomic mass is 10.0. The first kappa shape index (κ1) is 23.7. The maximum atomic E-state index is 14.2. The second-order valence-corrected chi connectivity index (χ2v) is 7.78. The van der Waals surface area contributed by atoms with E-state index in [4.69, 9.17) is 9.47 Å². The van der Waals surface area contributed by atoms with Crippen LogP contribution in [0.1, 0.15) is 54.3 Å². The Labute approximate surface area is 172 Å². The van der Waals surface area contributed by atoms with Gasteiger partial charge in [-0.1, -0.05) is 0 Å². The van der Waals surface area contributed by atoms with Gasteiger partial charge in [-0.3, -0.25) is 4.79 Å². The van der Waals surface area contributed by atoms with Crippen LogP contribution < -0.4 is 0 Å². The molecule has 0 aliphatic carbocycles. The quantitative estimate of drug-likeness (QED) is 0.403. The van der Waals surface area contributed by atoms with Crippen LogP contribution in [0.2, 0.25) is 0 Å². The molecule has 1 amide bonds. The zero-order chi connectivity index (χ0) is 22.6. The van der Waals surface area contributed by atoms with Crippen molar-refractivity contribution in [2.24, 2.45) is 0 Å². The molecule has 0 N–H and O–H groups in total. The normalized spacial score (nSPS) is 16.9. The monoisotopic (exact) mass is 431 g/mol. The molecule has 1 aliphatic heterocycles. The first-order valence-electron chi connectivity index (χ1n) is 9.33. The highest BCUT2D eigenvalue weighted by Crippen LogP contribution is 2.24. The van der Waals surface area contributed by atoms with Crippen molar-refractivity contribution in [1.82, 2.24) is 4.90 Å². The number of carbonyl (C=O) groups is 3. The van der Waals surface area contributed by atoms with Crippen molar-refractivity contribution in [1.29, 1.82) is 0 Å². The number of nitrogens with zero attached hydrogens (tertiary/aromatic N) is 1. The third-order valence-corrected chi connectivity index (χ3v) is 4.33. The summed E-state index contributed by atoms with van der Waals surface area (Å²) in [6, 6.07) is 0.429. The number of carbonyl (C=O) groups excluding carboxylic acids is 3. The molecule has 1 fully saturated rings. The fraction of sp³-hybridized carbons (Fsp3) is 0.550. The largest absolute Gasteiger partial charge is 0.465 e. The Kier molecular flexibility index (Phi) is 7.46. The van der Waals surface area contributed by atoms with Gasteiger partial charge >= 0.3 is 12.1 Å². The summed E-state index contributed by atoms with van der Waals surface area (Å²) < 4.78 is 57.5. The van der Waals surface area contributed by atoms with Gasteiger partial charge in [-0.15, -0.1) is 0 Å². The van der Waals surface area contributed by atoms with Crippen LogP contribution in [-0.2, 0) is 14.2 Å². The zero-order valence-corrected chi connectivity index (χ0v) is 17.2. The molecular formula is C20H24F3NO6. The van der Waals surface area contributed by atoms with Gasteiger partial charge in [-0.25, -0.2) is 22.8 Å². The van der Waals surface area contributed by atoms with E-state index in [0.717, 1.165) is 7.11 Å². The molecule has 30 heavy (non-hydrogen) atoms. The molecule has 1 aliphatic rings. The predicted molar refractivity (Wildman–Crippen MR) is 98.8 cm³/mol. The number of morpholine rings is 1. The molecule has 7 nitrogen and oxygen atoms in total. The van der Waals surface area contributed by atoms with E-state index in [1.165, 1.54) is 4.90 Å². The third-order valence-electron chi connectivity index (χ3n) is 4.33. The molecular weight excluding hydrogens is 407 g/mol. The van der Waals surface area contributed by atoms with Gasteiger partial charge in [0, 0.05) is 13.0 Å². The van der Waals surface area contributed by atoms with E-state index in [0.29, 0.717) is 12.6 Å². The van der Waals surface area contributed by atoms with E-state index >= 15 is 0 Å². The van der Waals surface area contributed by atoms with Crippen LogP contribution in [-0.4, -0.2) is 61.3 Å². The van der Waals surface area contributed by atoms with Gasteiger partial charge in [0.1, 0.15) is 17.0 Å². The van der Waals surface area contributed by atoms with Crippen molar-refractivity contribution in [2.75, 3.05) is 26.8 Å². The minimum Gasteiger partial charge on any atom is -0.465 e. The van der Waals surface area contributed by atoms with Crippen LogP contribution in [0.5, 0.6) is 0 Å². The summed E-state index contributed by atoms with van der Waals surface area (Å²) in [7, 11) is 0.932. The van der Waals surface area contributed by atoms with E-state index in [9.17, 15) is 27.6 Å². The molecule has 1 unspecified atom stereocenters. The molecule has 0 saturated carbocycles. The Morgan fingerprint density at radius 3 is 2.47 bits per heavy atom. The lowest BCUT2D eigenvalue weighted by Crippen LogP contribution is -2.47. The second kappa shape index (κ2) is 9.46. The lowest BCUT2D eigenvalue weighted by Gasteiger charge is -2.34. The molecule has 166 valence electrons. The highest BCUT2D eigenvalue weighted by Gasteiger charge is 2.30. The Balaban J connectivity index is 2.04. The fourth-order valence-corrected chi connectivity index (χ4v) is 2.91. The van der Waals surface area contributed by atoms with Crippen molar-refractivity contribution in [2.45, 2.75) is 45.3 Å². The zero-order valence-electron chi connectivity index (χ0n) is 17.2. The fourth-order valence-electron chi connectivity index (χ4n) is 2.91. The second-order valence-electron chi connectivity index (χ2n) is 7.78. The van der Waals surface area contributed by atoms with Gasteiger partial charge in [0.2, 0.25) is 0 Å². The number of Topliss-reactive ketones (excluding diaryl/α,β-unsaturated/α-hetero) is 1. The number of halogens is 3. The molecule has 0 aromatic heterocycles. The smallest absolute Gasteiger partial charge is 0.410 e. The summed E-state index contributed by atoms with van der Waals surface area (Å²) >= 11 is 0. The average Bonchev–Trinajstić information content (AvgIpc) is 2.67. The number of ketones is 1. The van der Waals surface area contributed by atoms with Gasteiger partial charge < -0.3 is 19.1 Å². The van der Waals surface area contributed by atoms with Crippen molar-refractivity contribution in [3.8, 4) is 0 Å². The third kappa shape index (κ3) is 5.71. The molecule has 1 atom stereocenters. The first-order valence-corrected chi connectivity index (χ1v) is 9.33. The first-order chi connectivity index (χ1) is 13.9. The van der Waals surface area contributed by atoms with E-state index in [2.05, 4.69) is 4.74 Å². The Bertz CT molecular complexity index is 837. The number of amides is 1. The van der Waals surface area contributed by atoms with Gasteiger partial charge in [0.15, 0.2) is 17.4 Å². The summed E-state index contributed by atoms with van der Waals surface area (Å²) in [4.78, 5) is 37.3. The van der Waals surface area contributed by atoms with Crippen LogP contribution in [0, 0.1) is 17.5 Å². The van der Waals surface area contributed by atoms with Gasteiger partial charge in [0.25, 0.3) is 0 Å². The molecule has 0 spiro atoms. The number of esters is 1. The van der Waals surface area contributed by atoms with Crippen LogP contribution in [0.15, 0.2) is 6.07 Å². The Morgan fingerprint density at radius 2 is 1.87 bits per heavy atom. The topological polar surface area (TPSA) is 82.1 Å². The molecule has 1 aromatic rings. The van der Waals surface area contributed by atoms with Crippen LogP contribution in [0.3, 0.4) is 0 Å². The van der Waals surface area contributed by atoms with Gasteiger partial charge in [-0.05, 0) is 33.3 Å². The van der Waals surface area contributed by atoms with Crippen molar-refractivity contribution in [3.05, 3.63) is 34.6 Å². The number of hydrogen-bond donors (Lipinski definition) is 0. The number of methoxy groups -OCH3 is 1. The highest BCUT2D eigenvalue weighted by molar-refractivity contribution is 5.98. The molecule has 1 saturated heterocycles. The Hall–Kier alpha value is -2.62. The lowest BCUT2D eigenvalue weighted by molar-refractivity contribution is -0.0443. The molecule has 1 aromatic carbocycles. The van der Waals surface area contributed by atoms with Crippen LogP contribution in [0.25, 0.3) is 0 Å². The summed E-state index contributed by atoms with van der Waals surface area (Å²) in [6.45, 7) is 5.86. The molecule has 10 heteroatoms. The van der Waals surface area contributed by atoms with Crippen LogP contribution >= 0.6 is 0 Å². The summed E-state index contributed by atoms with van der Waals surface area (Å²) in [6.07, 6.45) is -1.38. The number of benzene rings is 1. The average molecular weight is 431 g/mol. The van der Waals surface area contributed by atoms with E-state index in [-0.39, 0.29) is 26.0 Å². The maximum Gasteiger partial charge on any atom is 0.410 e. The van der Waals surface area contributed by atoms with E-state index in [1.54, 1.807) is 20.8 Å². The maximum absolute atomic E-state index is 14.2. The number of ether oxygens (including phenoxy) is 3. The summed E-state index contributed by atoms with van der Waals surface area (Å²) in [5.41, 5.74) is -2.68. The SMILES string of the molecule is COC(=O)c1cc(F)c(C(=O)CCC2CN(C(=O)OC(C)(C)C)CCO2)c(F)c1F. The van der Waals surface area contributed by atoms with Crippen molar-refractivity contribution in [3.63, 3.8) is 0 Å². The summed E-state index contributed by atoms with van der Waals surface area (Å²) in [5, 5.41) is 0. The number of rotatable bonds is 5. The molecule has 1 heterocycles. The Morgan fingerprint density at radius 1 is 1.20 bits per heavy atom. The van der Waals surface area contributed by atoms with Crippen molar-refractivity contribution >= 4 is 17.8 Å². The standard InChI is InChI=1S/C20H24F3NO6/c1-20(2,3)30-19(27)24-7-8-29-11(10-24)5-6-14(25)15-13(21)9-12(18(26)28-4)16(22)17(15)23/h9,11H,5-8,10H2,1-4H3. The predicted octanol–water partition coefficient (Wildman–Crippen LogP) is 3.49. The number of hydrogen-bond acceptors (Lipinski definition) is 6. The minimum absolute atomic E-state index is 0.0530. The summed E-state index contributed by atoms with van der Waals surface area (Å²) in [5.74, 6) is -7.02. The van der Waals surface area contributed by atoms with Crippen LogP contribution in [0.4, 0.5) is 18.0 Å². The van der Waals surface area contributed by atoms with E-state index < -0.39 is 58.1 Å². The van der Waals surface area contributed by atoms with Gasteiger partial charge in [0.05, 0.1) is 31.9 Å². The molecule has 0 bridgehead atoms. The van der Waals surface area contributed by atoms with E-state index in [1.807, 2.05) is 0 Å². The molecule has 0 radical (unpaired) electrons. The minimum atomic E-state index is -1.75. The molecule has 2 rings (SSSR count).